The molecule has 0 spiro atoms. The molecule has 4 atom stereocenters. The van der Waals surface area contributed by atoms with Crippen LogP contribution in [0.2, 0.25) is 0 Å². The molecule has 40 heavy (non-hydrogen) atoms. The first-order valence-electron chi connectivity index (χ1n) is 12.8. The largest absolute Gasteiger partial charge is 0.504 e. The van der Waals surface area contributed by atoms with Gasteiger partial charge < -0.3 is 43.7 Å². The Morgan fingerprint density at radius 3 is 2.38 bits per heavy atom. The first-order valence-corrected chi connectivity index (χ1v) is 12.8. The number of rotatable bonds is 13. The Labute approximate surface area is 232 Å². The minimum absolute atomic E-state index is 0.0296. The molecule has 0 fully saturated rings. The Balaban J connectivity index is 1.67. The van der Waals surface area contributed by atoms with Crippen molar-refractivity contribution in [3.8, 4) is 17.2 Å². The van der Waals surface area contributed by atoms with Crippen molar-refractivity contribution in [2.45, 2.75) is 38.3 Å². The van der Waals surface area contributed by atoms with Gasteiger partial charge in [0.15, 0.2) is 17.8 Å². The van der Waals surface area contributed by atoms with Gasteiger partial charge in [-0.3, -0.25) is 4.79 Å². The van der Waals surface area contributed by atoms with Crippen molar-refractivity contribution in [3.05, 3.63) is 65.4 Å². The summed E-state index contributed by atoms with van der Waals surface area (Å²) in [5, 5.41) is 29.9. The minimum Gasteiger partial charge on any atom is -0.504 e. The van der Waals surface area contributed by atoms with Crippen LogP contribution >= 0.6 is 0 Å². The molecule has 1 heterocycles. The molecule has 3 N–H and O–H groups in total. The fourth-order valence-electron chi connectivity index (χ4n) is 4.57. The lowest BCUT2D eigenvalue weighted by molar-refractivity contribution is -0.180. The third kappa shape index (κ3) is 7.72. The van der Waals surface area contributed by atoms with E-state index >= 15 is 0 Å². The van der Waals surface area contributed by atoms with Gasteiger partial charge in [0.05, 0.1) is 31.3 Å². The van der Waals surface area contributed by atoms with Gasteiger partial charge in [0, 0.05) is 26.7 Å². The highest BCUT2D eigenvalue weighted by Crippen LogP contribution is 2.38. The number of carbonyl (C=O) groups excluding carboxylic acids is 2. The average Bonchev–Trinajstić information content (AvgIpc) is 2.95. The number of aliphatic hydroxyl groups is 2. The molecule has 0 aromatic heterocycles. The van der Waals surface area contributed by atoms with Gasteiger partial charge in [-0.2, -0.15) is 0 Å². The zero-order valence-corrected chi connectivity index (χ0v) is 22.9. The van der Waals surface area contributed by atoms with Crippen LogP contribution in [0.3, 0.4) is 0 Å². The standard InChI is InChI=1S/C29H36O11/c1-17-27(29(36-3)37-4)21(14-26(33)35-2)22(15-38-17)28(34)39-16-24(32)19-6-8-20(9-7-19)40-25-13-18(11-12-30)5-10-23(25)31/h5-10,13,15,17,21,24,27,29-32H,11-12,14,16H2,1-4H3/t17?,21-,24?,27?/m1/s1. The van der Waals surface area contributed by atoms with E-state index in [0.717, 1.165) is 5.56 Å². The number of carbonyl (C=O) groups is 2. The molecular weight excluding hydrogens is 524 g/mol. The van der Waals surface area contributed by atoms with Crippen molar-refractivity contribution in [3.63, 3.8) is 0 Å². The molecule has 0 saturated carbocycles. The van der Waals surface area contributed by atoms with E-state index in [2.05, 4.69) is 0 Å². The van der Waals surface area contributed by atoms with E-state index < -0.39 is 42.3 Å². The molecule has 0 amide bonds. The summed E-state index contributed by atoms with van der Waals surface area (Å²) in [6.45, 7) is 1.39. The van der Waals surface area contributed by atoms with Crippen LogP contribution in [0.4, 0.5) is 0 Å². The van der Waals surface area contributed by atoms with E-state index in [1.54, 1.807) is 43.3 Å². The van der Waals surface area contributed by atoms with Gasteiger partial charge >= 0.3 is 11.9 Å². The van der Waals surface area contributed by atoms with E-state index in [1.807, 2.05) is 0 Å². The minimum atomic E-state index is -1.15. The average molecular weight is 561 g/mol. The lowest BCUT2D eigenvalue weighted by Gasteiger charge is -2.38. The second-order valence-electron chi connectivity index (χ2n) is 9.28. The lowest BCUT2D eigenvalue weighted by Crippen LogP contribution is -2.44. The topological polar surface area (TPSA) is 150 Å². The predicted octanol–water partition coefficient (Wildman–Crippen LogP) is 3.01. The van der Waals surface area contributed by atoms with Crippen LogP contribution in [0, 0.1) is 11.8 Å². The predicted molar refractivity (Wildman–Crippen MR) is 141 cm³/mol. The molecule has 11 nitrogen and oxygen atoms in total. The number of phenols is 1. The fourth-order valence-corrected chi connectivity index (χ4v) is 4.57. The van der Waals surface area contributed by atoms with Gasteiger partial charge in [0.25, 0.3) is 0 Å². The molecule has 3 unspecified atom stereocenters. The van der Waals surface area contributed by atoms with Gasteiger partial charge in [-0.25, -0.2) is 4.79 Å². The Morgan fingerprint density at radius 2 is 1.75 bits per heavy atom. The third-order valence-electron chi connectivity index (χ3n) is 6.73. The van der Waals surface area contributed by atoms with Crippen LogP contribution < -0.4 is 4.74 Å². The molecule has 2 aromatic carbocycles. The Morgan fingerprint density at radius 1 is 1.05 bits per heavy atom. The summed E-state index contributed by atoms with van der Waals surface area (Å²) in [4.78, 5) is 25.2. The maximum absolute atomic E-state index is 13.1. The summed E-state index contributed by atoms with van der Waals surface area (Å²) >= 11 is 0. The van der Waals surface area contributed by atoms with E-state index in [-0.39, 0.29) is 36.7 Å². The molecule has 0 aliphatic carbocycles. The molecule has 0 saturated heterocycles. The highest BCUT2D eigenvalue weighted by molar-refractivity contribution is 5.90. The number of esters is 2. The fraction of sp³-hybridized carbons (Fsp3) is 0.448. The highest BCUT2D eigenvalue weighted by atomic mass is 16.7. The van der Waals surface area contributed by atoms with Crippen molar-refractivity contribution in [2.75, 3.05) is 34.5 Å². The number of methoxy groups -OCH3 is 3. The molecule has 218 valence electrons. The van der Waals surface area contributed by atoms with E-state index in [9.17, 15) is 19.8 Å². The molecule has 3 rings (SSSR count). The number of benzene rings is 2. The zero-order valence-electron chi connectivity index (χ0n) is 22.9. The van der Waals surface area contributed by atoms with E-state index in [1.165, 1.54) is 33.7 Å². The number of ether oxygens (including phenoxy) is 6. The summed E-state index contributed by atoms with van der Waals surface area (Å²) in [6, 6.07) is 11.2. The number of aromatic hydroxyl groups is 1. The molecule has 1 aliphatic rings. The number of aliphatic hydroxyl groups excluding tert-OH is 2. The van der Waals surface area contributed by atoms with Crippen LogP contribution in [-0.4, -0.2) is 74.2 Å². The molecule has 1 aliphatic heterocycles. The quantitative estimate of drug-likeness (QED) is 0.245. The zero-order chi connectivity index (χ0) is 29.2. The summed E-state index contributed by atoms with van der Waals surface area (Å²) in [7, 11) is 4.17. The smallest absolute Gasteiger partial charge is 0.337 e. The van der Waals surface area contributed by atoms with Crippen LogP contribution in [0.1, 0.15) is 30.6 Å². The second kappa shape index (κ2) is 14.7. The molecule has 11 heteroatoms. The second-order valence-corrected chi connectivity index (χ2v) is 9.28. The van der Waals surface area contributed by atoms with Crippen LogP contribution in [0.5, 0.6) is 17.2 Å². The van der Waals surface area contributed by atoms with Crippen molar-refractivity contribution in [1.82, 2.24) is 0 Å². The molecule has 2 aromatic rings. The van der Waals surface area contributed by atoms with Gasteiger partial charge in [-0.05, 0) is 48.7 Å². The Bertz CT molecular complexity index is 1160. The summed E-state index contributed by atoms with van der Waals surface area (Å²) in [6.07, 6.45) is -0.770. The molecular formula is C29H36O11. The third-order valence-corrected chi connectivity index (χ3v) is 6.73. The van der Waals surface area contributed by atoms with Crippen LogP contribution in [-0.2, 0) is 39.7 Å². The van der Waals surface area contributed by atoms with Gasteiger partial charge in [0.2, 0.25) is 0 Å². The van der Waals surface area contributed by atoms with Crippen molar-refractivity contribution in [2.24, 2.45) is 11.8 Å². The Kier molecular flexibility index (Phi) is 11.3. The SMILES string of the molecule is COC(=O)C[C@@H]1C(C(=O)OCC(O)c2ccc(Oc3cc(CCO)ccc3O)cc2)=COC(C)C1C(OC)OC. The molecule has 0 radical (unpaired) electrons. The lowest BCUT2D eigenvalue weighted by atomic mass is 9.78. The summed E-state index contributed by atoms with van der Waals surface area (Å²) in [5.74, 6) is -1.88. The van der Waals surface area contributed by atoms with Crippen molar-refractivity contribution >= 4 is 11.9 Å². The van der Waals surface area contributed by atoms with Gasteiger partial charge in [0.1, 0.15) is 24.6 Å². The maximum Gasteiger partial charge on any atom is 0.337 e. The number of hydrogen-bond acceptors (Lipinski definition) is 11. The van der Waals surface area contributed by atoms with Gasteiger partial charge in [-0.1, -0.05) is 18.2 Å². The monoisotopic (exact) mass is 560 g/mol. The number of phenolic OH excluding ortho intramolecular Hbond substituents is 1. The van der Waals surface area contributed by atoms with E-state index in [4.69, 9.17) is 33.5 Å². The summed E-state index contributed by atoms with van der Waals surface area (Å²) in [5.41, 5.74) is 1.37. The van der Waals surface area contributed by atoms with Crippen molar-refractivity contribution in [1.29, 1.82) is 0 Å². The summed E-state index contributed by atoms with van der Waals surface area (Å²) < 4.78 is 32.4. The van der Waals surface area contributed by atoms with Crippen LogP contribution in [0.15, 0.2) is 54.3 Å². The first-order chi connectivity index (χ1) is 19.2. The van der Waals surface area contributed by atoms with Crippen LogP contribution in [0.25, 0.3) is 0 Å². The highest BCUT2D eigenvalue weighted by Gasteiger charge is 2.44. The number of hydrogen-bond donors (Lipinski definition) is 3. The molecule has 0 bridgehead atoms. The first kappa shape index (κ1) is 30.9. The van der Waals surface area contributed by atoms with E-state index in [0.29, 0.717) is 17.7 Å². The van der Waals surface area contributed by atoms with Crippen molar-refractivity contribution < 1.29 is 53.3 Å². The Hall–Kier alpha value is -3.64. The normalized spacial score (nSPS) is 19.4. The van der Waals surface area contributed by atoms with Gasteiger partial charge in [-0.15, -0.1) is 0 Å². The maximum atomic E-state index is 13.1.